The smallest absolute Gasteiger partial charge is 0.255 e. The molecule has 2 aromatic rings. The van der Waals surface area contributed by atoms with E-state index in [1.165, 1.54) is 0 Å². The molecule has 5 nitrogen and oxygen atoms in total. The quantitative estimate of drug-likeness (QED) is 0.876. The standard InChI is InChI=1S/C21H23ClN2O3/c1-26-19-5-3-2-4-18(19)21(25)23-16-10-17-13-27-20(12-24(17)11-16)14-6-8-15(22)9-7-14/h2-9,16-17,20H,10-13H2,1H3,(H,23,25)/t16-,17-,20+/m0/s1. The van der Waals surface area contributed by atoms with E-state index in [4.69, 9.17) is 21.1 Å². The number of ether oxygens (including phenoxy) is 2. The molecule has 27 heavy (non-hydrogen) atoms. The predicted molar refractivity (Wildman–Crippen MR) is 104 cm³/mol. The van der Waals surface area contributed by atoms with Gasteiger partial charge in [-0.3, -0.25) is 9.69 Å². The molecule has 2 aliphatic rings. The van der Waals surface area contributed by atoms with Crippen molar-refractivity contribution in [1.82, 2.24) is 10.2 Å². The molecule has 2 heterocycles. The van der Waals surface area contributed by atoms with Crippen molar-refractivity contribution < 1.29 is 14.3 Å². The molecular weight excluding hydrogens is 364 g/mol. The Morgan fingerprint density at radius 3 is 2.74 bits per heavy atom. The zero-order valence-corrected chi connectivity index (χ0v) is 16.0. The number of benzene rings is 2. The topological polar surface area (TPSA) is 50.8 Å². The Morgan fingerprint density at radius 1 is 1.19 bits per heavy atom. The summed E-state index contributed by atoms with van der Waals surface area (Å²) in [5.41, 5.74) is 1.71. The molecule has 2 fully saturated rings. The average Bonchev–Trinajstić information content (AvgIpc) is 3.09. The van der Waals surface area contributed by atoms with Crippen LogP contribution < -0.4 is 10.1 Å². The fourth-order valence-electron chi connectivity index (χ4n) is 3.95. The number of nitrogens with zero attached hydrogens (tertiary/aromatic N) is 1. The fraction of sp³-hybridized carbons (Fsp3) is 0.381. The molecule has 0 saturated carbocycles. The average molecular weight is 387 g/mol. The van der Waals surface area contributed by atoms with Gasteiger partial charge in [-0.05, 0) is 36.2 Å². The third-order valence-corrected chi connectivity index (χ3v) is 5.60. The number of hydrogen-bond acceptors (Lipinski definition) is 4. The van der Waals surface area contributed by atoms with Crippen LogP contribution in [0, 0.1) is 0 Å². The van der Waals surface area contributed by atoms with Crippen molar-refractivity contribution >= 4 is 17.5 Å². The van der Waals surface area contributed by atoms with Gasteiger partial charge < -0.3 is 14.8 Å². The van der Waals surface area contributed by atoms with Crippen LogP contribution in [0.4, 0.5) is 0 Å². The minimum absolute atomic E-state index is 0.0437. The predicted octanol–water partition coefficient (Wildman–Crippen LogP) is 3.29. The molecule has 1 N–H and O–H groups in total. The Bertz CT molecular complexity index is 811. The third-order valence-electron chi connectivity index (χ3n) is 5.35. The van der Waals surface area contributed by atoms with Gasteiger partial charge in [-0.1, -0.05) is 35.9 Å². The second-order valence-electron chi connectivity index (χ2n) is 7.09. The highest BCUT2D eigenvalue weighted by Crippen LogP contribution is 2.31. The minimum atomic E-state index is -0.0903. The van der Waals surface area contributed by atoms with Crippen LogP contribution in [0.5, 0.6) is 5.75 Å². The number of fused-ring (bicyclic) bond motifs is 1. The van der Waals surface area contributed by atoms with Gasteiger partial charge in [-0.15, -0.1) is 0 Å². The zero-order valence-electron chi connectivity index (χ0n) is 15.2. The molecule has 3 atom stereocenters. The first kappa shape index (κ1) is 18.3. The summed E-state index contributed by atoms with van der Waals surface area (Å²) in [4.78, 5) is 15.1. The Balaban J connectivity index is 1.38. The van der Waals surface area contributed by atoms with Gasteiger partial charge in [0.05, 0.1) is 25.4 Å². The Labute approximate surface area is 164 Å². The summed E-state index contributed by atoms with van der Waals surface area (Å²) < 4.78 is 11.4. The van der Waals surface area contributed by atoms with Crippen LogP contribution in [0.1, 0.15) is 28.4 Å². The number of carbonyl (C=O) groups is 1. The van der Waals surface area contributed by atoms with Crippen LogP contribution >= 0.6 is 11.6 Å². The summed E-state index contributed by atoms with van der Waals surface area (Å²) in [5.74, 6) is 0.504. The van der Waals surface area contributed by atoms with Gasteiger partial charge in [0, 0.05) is 30.2 Å². The van der Waals surface area contributed by atoms with Gasteiger partial charge in [0.2, 0.25) is 0 Å². The van der Waals surface area contributed by atoms with E-state index in [2.05, 4.69) is 10.2 Å². The van der Waals surface area contributed by atoms with E-state index in [1.807, 2.05) is 36.4 Å². The zero-order chi connectivity index (χ0) is 18.8. The lowest BCUT2D eigenvalue weighted by Gasteiger charge is -2.35. The van der Waals surface area contributed by atoms with Crippen molar-refractivity contribution in [2.45, 2.75) is 24.6 Å². The first-order valence-corrected chi connectivity index (χ1v) is 9.57. The summed E-state index contributed by atoms with van der Waals surface area (Å²) >= 11 is 5.98. The molecule has 0 spiro atoms. The van der Waals surface area contributed by atoms with Crippen LogP contribution in [-0.2, 0) is 4.74 Å². The number of hydrogen-bond donors (Lipinski definition) is 1. The fourth-order valence-corrected chi connectivity index (χ4v) is 4.08. The van der Waals surface area contributed by atoms with Crippen molar-refractivity contribution in [1.29, 1.82) is 0 Å². The van der Waals surface area contributed by atoms with Gasteiger partial charge in [0.15, 0.2) is 0 Å². The van der Waals surface area contributed by atoms with Gasteiger partial charge in [-0.2, -0.15) is 0 Å². The summed E-state index contributed by atoms with van der Waals surface area (Å²) in [6.45, 7) is 2.33. The van der Waals surface area contributed by atoms with Crippen molar-refractivity contribution in [3.63, 3.8) is 0 Å². The maximum Gasteiger partial charge on any atom is 0.255 e. The van der Waals surface area contributed by atoms with E-state index in [9.17, 15) is 4.79 Å². The molecule has 2 aromatic carbocycles. The van der Waals surface area contributed by atoms with E-state index < -0.39 is 0 Å². The van der Waals surface area contributed by atoms with Crippen molar-refractivity contribution in [3.8, 4) is 5.75 Å². The lowest BCUT2D eigenvalue weighted by Crippen LogP contribution is -2.43. The molecule has 2 saturated heterocycles. The highest BCUT2D eigenvalue weighted by molar-refractivity contribution is 6.30. The largest absolute Gasteiger partial charge is 0.496 e. The maximum atomic E-state index is 12.7. The van der Waals surface area contributed by atoms with Crippen LogP contribution in [0.2, 0.25) is 5.02 Å². The lowest BCUT2D eigenvalue weighted by atomic mass is 10.1. The number of methoxy groups -OCH3 is 1. The summed E-state index contributed by atoms with van der Waals surface area (Å²) in [7, 11) is 1.58. The molecule has 6 heteroatoms. The molecule has 2 aliphatic heterocycles. The number of nitrogens with one attached hydrogen (secondary N) is 1. The monoisotopic (exact) mass is 386 g/mol. The molecule has 0 aliphatic carbocycles. The van der Waals surface area contributed by atoms with E-state index in [-0.39, 0.29) is 18.1 Å². The van der Waals surface area contributed by atoms with Crippen LogP contribution in [0.25, 0.3) is 0 Å². The number of carbonyl (C=O) groups excluding carboxylic acids is 1. The van der Waals surface area contributed by atoms with E-state index >= 15 is 0 Å². The SMILES string of the molecule is COc1ccccc1C(=O)N[C@H]1C[C@H]2CO[C@@H](c3ccc(Cl)cc3)CN2C1. The Hall–Kier alpha value is -2.08. The number of halogens is 1. The maximum absolute atomic E-state index is 12.7. The van der Waals surface area contributed by atoms with E-state index in [0.717, 1.165) is 30.1 Å². The number of para-hydroxylation sites is 1. The van der Waals surface area contributed by atoms with Gasteiger partial charge in [0.25, 0.3) is 5.91 Å². The van der Waals surface area contributed by atoms with Gasteiger partial charge in [-0.25, -0.2) is 0 Å². The summed E-state index contributed by atoms with van der Waals surface area (Å²) in [6, 6.07) is 15.6. The van der Waals surface area contributed by atoms with Crippen LogP contribution in [-0.4, -0.2) is 49.7 Å². The number of rotatable bonds is 4. The minimum Gasteiger partial charge on any atom is -0.496 e. The third kappa shape index (κ3) is 3.95. The summed E-state index contributed by atoms with van der Waals surface area (Å²) in [6.07, 6.45) is 0.941. The number of amides is 1. The first-order chi connectivity index (χ1) is 13.1. The molecule has 0 radical (unpaired) electrons. The molecule has 0 unspecified atom stereocenters. The second kappa shape index (κ2) is 7.89. The van der Waals surface area contributed by atoms with E-state index in [1.54, 1.807) is 19.2 Å². The molecule has 0 aromatic heterocycles. The lowest BCUT2D eigenvalue weighted by molar-refractivity contribution is -0.0502. The van der Waals surface area contributed by atoms with Gasteiger partial charge in [0.1, 0.15) is 5.75 Å². The van der Waals surface area contributed by atoms with Crippen molar-refractivity contribution in [2.24, 2.45) is 0 Å². The Kier molecular flexibility index (Phi) is 5.34. The molecule has 1 amide bonds. The number of morpholine rings is 1. The second-order valence-corrected chi connectivity index (χ2v) is 7.52. The Morgan fingerprint density at radius 2 is 1.96 bits per heavy atom. The summed E-state index contributed by atoms with van der Waals surface area (Å²) in [5, 5.41) is 3.88. The van der Waals surface area contributed by atoms with Gasteiger partial charge >= 0.3 is 0 Å². The molecule has 0 bridgehead atoms. The van der Waals surface area contributed by atoms with Crippen LogP contribution in [0.3, 0.4) is 0 Å². The van der Waals surface area contributed by atoms with E-state index in [0.29, 0.717) is 24.0 Å². The highest BCUT2D eigenvalue weighted by atomic mass is 35.5. The van der Waals surface area contributed by atoms with Crippen molar-refractivity contribution in [2.75, 3.05) is 26.8 Å². The molecule has 4 rings (SSSR count). The van der Waals surface area contributed by atoms with Crippen LogP contribution in [0.15, 0.2) is 48.5 Å². The first-order valence-electron chi connectivity index (χ1n) is 9.19. The molecule has 142 valence electrons. The normalized spacial score (nSPS) is 25.0. The molecular formula is C21H23ClN2O3. The highest BCUT2D eigenvalue weighted by Gasteiger charge is 2.38. The van der Waals surface area contributed by atoms with Crippen molar-refractivity contribution in [3.05, 3.63) is 64.7 Å².